The zero-order valence-corrected chi connectivity index (χ0v) is 31.3. The molecule has 3 aliphatic rings. The Labute approximate surface area is 323 Å². The lowest BCUT2D eigenvalue weighted by Crippen LogP contribution is -2.57. The quantitative estimate of drug-likeness (QED) is 0.152. The Morgan fingerprint density at radius 3 is 2.36 bits per heavy atom. The molecule has 5 N–H and O–H groups in total. The van der Waals surface area contributed by atoms with Crippen LogP contribution in [0.1, 0.15) is 79.3 Å². The molecule has 1 unspecified atom stereocenters. The van der Waals surface area contributed by atoms with Gasteiger partial charge in [-0.3, -0.25) is 28.9 Å². The van der Waals surface area contributed by atoms with Gasteiger partial charge < -0.3 is 30.9 Å². The summed E-state index contributed by atoms with van der Waals surface area (Å²) in [4.78, 5) is 66.2. The molecule has 6 rings (SSSR count). The molecule has 0 bridgehead atoms. The molecule has 3 aromatic rings. The zero-order valence-electron chi connectivity index (χ0n) is 30.5. The molecule has 12 nitrogen and oxygen atoms in total. The van der Waals surface area contributed by atoms with E-state index >= 15 is 0 Å². The SMILES string of the molecule is NCC(=O)N(CC(=O)O)C(=O)[C@@H](CC1CCCCC1)NC(=O)COc1ccc(C2[C@@H](SC[C@H](O)c3ccc4c(c3)CCC4)C(=O)N2c2ccc(F)cc2)cc1. The monoisotopic (exact) mass is 774 g/mol. The van der Waals surface area contributed by atoms with E-state index in [1.165, 1.54) is 35.0 Å². The van der Waals surface area contributed by atoms with Gasteiger partial charge in [0.2, 0.25) is 11.8 Å². The standard InChI is InChI=1S/C41H47FN4O8S/c42-30-13-15-31(16-14-30)46-38(39(41(46)53)55-24-34(47)29-10-9-26-7-4-8-28(26)20-29)27-11-17-32(18-12-27)54-23-35(48)44-33(19-25-5-2-1-3-6-25)40(52)45(22-37(50)51)36(49)21-43/h9-18,20,25,33-34,38-39,47H,1-8,19,21-24,43H2,(H,44,48)(H,50,51)/t33-,34+,38?,39-/m1/s1. The van der Waals surface area contributed by atoms with Crippen LogP contribution < -0.4 is 20.7 Å². The third-order valence-electron chi connectivity index (χ3n) is 10.6. The first kappa shape index (κ1) is 39.9. The first-order chi connectivity index (χ1) is 26.5. The summed E-state index contributed by atoms with van der Waals surface area (Å²) in [5, 5.41) is 22.6. The molecule has 1 saturated heterocycles. The summed E-state index contributed by atoms with van der Waals surface area (Å²) in [7, 11) is 0. The first-order valence-corrected chi connectivity index (χ1v) is 19.9. The lowest BCUT2D eigenvalue weighted by Gasteiger charge is -2.47. The van der Waals surface area contributed by atoms with Gasteiger partial charge in [-0.2, -0.15) is 0 Å². The maximum atomic E-state index is 13.8. The summed E-state index contributed by atoms with van der Waals surface area (Å²) in [6, 6.07) is 17.1. The molecule has 14 heteroatoms. The molecular formula is C41H47FN4O8S. The summed E-state index contributed by atoms with van der Waals surface area (Å²) in [6.07, 6.45) is 7.38. The highest BCUT2D eigenvalue weighted by Crippen LogP contribution is 2.46. The van der Waals surface area contributed by atoms with Gasteiger partial charge in [0.05, 0.1) is 18.7 Å². The number of amides is 4. The van der Waals surface area contributed by atoms with E-state index in [1.807, 2.05) is 6.07 Å². The smallest absolute Gasteiger partial charge is 0.323 e. The van der Waals surface area contributed by atoms with Gasteiger partial charge in [-0.05, 0) is 90.3 Å². The molecule has 2 aliphatic carbocycles. The topological polar surface area (TPSA) is 180 Å². The van der Waals surface area contributed by atoms with E-state index in [-0.39, 0.29) is 18.2 Å². The van der Waals surface area contributed by atoms with Crippen molar-refractivity contribution in [3.05, 3.63) is 94.8 Å². The fraction of sp³-hybridized carbons (Fsp3) is 0.439. The predicted octanol–water partition coefficient (Wildman–Crippen LogP) is 4.47. The highest BCUT2D eigenvalue weighted by molar-refractivity contribution is 8.00. The summed E-state index contributed by atoms with van der Waals surface area (Å²) in [6.45, 7) is -1.88. The molecular weight excluding hydrogens is 728 g/mol. The van der Waals surface area contributed by atoms with Crippen LogP contribution in [-0.4, -0.2) is 81.5 Å². The fourth-order valence-electron chi connectivity index (χ4n) is 7.77. The van der Waals surface area contributed by atoms with Crippen LogP contribution in [0.5, 0.6) is 5.75 Å². The van der Waals surface area contributed by atoms with Gasteiger partial charge in [0.15, 0.2) is 6.61 Å². The molecule has 1 aliphatic heterocycles. The van der Waals surface area contributed by atoms with Gasteiger partial charge in [0.25, 0.3) is 11.8 Å². The number of aliphatic carboxylic acids is 1. The minimum Gasteiger partial charge on any atom is -0.484 e. The number of carboxylic acids is 1. The van der Waals surface area contributed by atoms with Crippen LogP contribution in [0.25, 0.3) is 0 Å². The number of ether oxygens (including phenoxy) is 1. The van der Waals surface area contributed by atoms with E-state index in [2.05, 4.69) is 17.4 Å². The summed E-state index contributed by atoms with van der Waals surface area (Å²) < 4.78 is 19.6. The lowest BCUT2D eigenvalue weighted by molar-refractivity contribution is -0.153. The van der Waals surface area contributed by atoms with Crippen molar-refractivity contribution < 1.29 is 43.3 Å². The number of imide groups is 1. The first-order valence-electron chi connectivity index (χ1n) is 18.8. The number of fused-ring (bicyclic) bond motifs is 1. The highest BCUT2D eigenvalue weighted by Gasteiger charge is 2.49. The van der Waals surface area contributed by atoms with Gasteiger partial charge in [0, 0.05) is 11.4 Å². The van der Waals surface area contributed by atoms with Crippen LogP contribution in [0.3, 0.4) is 0 Å². The van der Waals surface area contributed by atoms with Gasteiger partial charge in [-0.25, -0.2) is 4.39 Å². The minimum atomic E-state index is -1.38. The Morgan fingerprint density at radius 1 is 0.964 bits per heavy atom. The molecule has 0 spiro atoms. The van der Waals surface area contributed by atoms with Gasteiger partial charge in [0.1, 0.15) is 29.4 Å². The Bertz CT molecular complexity index is 1870. The number of anilines is 1. The van der Waals surface area contributed by atoms with Crippen LogP contribution >= 0.6 is 11.8 Å². The number of aryl methyl sites for hydroxylation is 2. The predicted molar refractivity (Wildman–Crippen MR) is 205 cm³/mol. The largest absolute Gasteiger partial charge is 0.484 e. The van der Waals surface area contributed by atoms with Crippen molar-refractivity contribution >= 4 is 47.0 Å². The molecule has 4 amide bonds. The number of β-lactam (4-membered cyclic amide) rings is 1. The molecule has 0 radical (unpaired) electrons. The van der Waals surface area contributed by atoms with Crippen molar-refractivity contribution in [3.63, 3.8) is 0 Å². The van der Waals surface area contributed by atoms with Crippen molar-refractivity contribution in [3.8, 4) is 5.75 Å². The van der Waals surface area contributed by atoms with Crippen LogP contribution in [0.2, 0.25) is 0 Å². The highest BCUT2D eigenvalue weighted by atomic mass is 32.2. The number of aliphatic hydroxyl groups excluding tert-OH is 1. The number of carbonyl (C=O) groups excluding carboxylic acids is 4. The Morgan fingerprint density at radius 2 is 1.67 bits per heavy atom. The lowest BCUT2D eigenvalue weighted by atomic mass is 9.84. The average molecular weight is 775 g/mol. The van der Waals surface area contributed by atoms with E-state index < -0.39 is 72.6 Å². The number of hydrogen-bond acceptors (Lipinski definition) is 9. The molecule has 2 fully saturated rings. The number of carboxylic acid groups (broad SMARTS) is 1. The summed E-state index contributed by atoms with van der Waals surface area (Å²) in [5.74, 6) is -3.50. The molecule has 55 heavy (non-hydrogen) atoms. The number of thioether (sulfide) groups is 1. The van der Waals surface area contributed by atoms with Crippen molar-refractivity contribution in [2.75, 3.05) is 30.3 Å². The van der Waals surface area contributed by atoms with Crippen LogP contribution in [0, 0.1) is 11.7 Å². The number of aliphatic hydroxyl groups is 1. The fourth-order valence-corrected chi connectivity index (χ4v) is 9.07. The van der Waals surface area contributed by atoms with Crippen LogP contribution in [0.4, 0.5) is 10.1 Å². The molecule has 1 heterocycles. The maximum absolute atomic E-state index is 13.8. The van der Waals surface area contributed by atoms with E-state index in [0.717, 1.165) is 62.5 Å². The Balaban J connectivity index is 1.12. The third kappa shape index (κ3) is 9.72. The molecule has 4 atom stereocenters. The van der Waals surface area contributed by atoms with Gasteiger partial charge in [-0.1, -0.05) is 62.4 Å². The second-order valence-electron chi connectivity index (χ2n) is 14.4. The number of rotatable bonds is 16. The molecule has 1 saturated carbocycles. The van der Waals surface area contributed by atoms with Gasteiger partial charge in [-0.15, -0.1) is 11.8 Å². The number of carbonyl (C=O) groups is 5. The molecule has 3 aromatic carbocycles. The molecule has 0 aromatic heterocycles. The zero-order chi connectivity index (χ0) is 39.1. The van der Waals surface area contributed by atoms with E-state index in [0.29, 0.717) is 22.1 Å². The van der Waals surface area contributed by atoms with Crippen molar-refractivity contribution in [2.24, 2.45) is 11.7 Å². The van der Waals surface area contributed by atoms with Crippen molar-refractivity contribution in [2.45, 2.75) is 81.2 Å². The third-order valence-corrected chi connectivity index (χ3v) is 12.0. The van der Waals surface area contributed by atoms with E-state index in [4.69, 9.17) is 10.5 Å². The number of hydrogen-bond donors (Lipinski definition) is 4. The van der Waals surface area contributed by atoms with E-state index in [1.54, 1.807) is 41.3 Å². The number of nitrogens with zero attached hydrogens (tertiary/aromatic N) is 2. The van der Waals surface area contributed by atoms with Crippen molar-refractivity contribution in [1.82, 2.24) is 10.2 Å². The molecule has 292 valence electrons. The summed E-state index contributed by atoms with van der Waals surface area (Å²) in [5.41, 5.74) is 10.2. The minimum absolute atomic E-state index is 0.119. The van der Waals surface area contributed by atoms with Crippen molar-refractivity contribution in [1.29, 1.82) is 0 Å². The number of nitrogens with one attached hydrogen (secondary N) is 1. The maximum Gasteiger partial charge on any atom is 0.323 e. The van der Waals surface area contributed by atoms with Crippen LogP contribution in [0.15, 0.2) is 66.7 Å². The van der Waals surface area contributed by atoms with E-state index in [9.17, 15) is 38.6 Å². The number of benzene rings is 3. The Hall–Kier alpha value is -4.79. The number of nitrogens with two attached hydrogens (primary N) is 1. The van der Waals surface area contributed by atoms with Gasteiger partial charge >= 0.3 is 5.97 Å². The summed E-state index contributed by atoms with van der Waals surface area (Å²) >= 11 is 1.37. The average Bonchev–Trinajstić information content (AvgIpc) is 3.67. The second-order valence-corrected chi connectivity index (χ2v) is 15.6. The number of halogens is 1. The normalized spacial score (nSPS) is 19.2. The van der Waals surface area contributed by atoms with Crippen LogP contribution in [-0.2, 0) is 36.8 Å². The Kier molecular flexibility index (Phi) is 13.2. The second kappa shape index (κ2) is 18.2.